The molecule has 1 rings (SSSR count). The standard InChI is InChI=1S/C12H21N3O/c1-7(2)9(5)16-11-6-10(13)14-12(15-11)8(3)4/h6-9H,1-5H3,(H2,13,14,15). The average Bonchev–Trinajstić information content (AvgIpc) is 2.16. The van der Waals surface area contributed by atoms with Crippen LogP contribution in [0.2, 0.25) is 0 Å². The summed E-state index contributed by atoms with van der Waals surface area (Å²) in [6.07, 6.45) is 0.120. The number of rotatable bonds is 4. The fraction of sp³-hybridized carbons (Fsp3) is 0.667. The van der Waals surface area contributed by atoms with Gasteiger partial charge in [-0.1, -0.05) is 27.7 Å². The quantitative estimate of drug-likeness (QED) is 0.852. The van der Waals surface area contributed by atoms with E-state index >= 15 is 0 Å². The third-order valence-electron chi connectivity index (χ3n) is 2.50. The zero-order chi connectivity index (χ0) is 12.3. The summed E-state index contributed by atoms with van der Waals surface area (Å²) >= 11 is 0. The summed E-state index contributed by atoms with van der Waals surface area (Å²) in [4.78, 5) is 8.51. The third kappa shape index (κ3) is 3.36. The van der Waals surface area contributed by atoms with Crippen LogP contribution in [-0.4, -0.2) is 16.1 Å². The molecule has 0 spiro atoms. The average molecular weight is 223 g/mol. The van der Waals surface area contributed by atoms with Gasteiger partial charge < -0.3 is 10.5 Å². The molecule has 0 radical (unpaired) electrons. The van der Waals surface area contributed by atoms with E-state index in [4.69, 9.17) is 10.5 Å². The van der Waals surface area contributed by atoms with Gasteiger partial charge in [-0.05, 0) is 12.8 Å². The molecule has 0 aliphatic carbocycles. The second-order valence-electron chi connectivity index (χ2n) is 4.71. The second-order valence-corrected chi connectivity index (χ2v) is 4.71. The van der Waals surface area contributed by atoms with Crippen LogP contribution in [0.5, 0.6) is 5.88 Å². The van der Waals surface area contributed by atoms with E-state index in [1.165, 1.54) is 0 Å². The van der Waals surface area contributed by atoms with Crippen LogP contribution in [0, 0.1) is 5.92 Å². The van der Waals surface area contributed by atoms with E-state index in [9.17, 15) is 0 Å². The van der Waals surface area contributed by atoms with Crippen molar-refractivity contribution < 1.29 is 4.74 Å². The van der Waals surface area contributed by atoms with Gasteiger partial charge in [-0.2, -0.15) is 4.98 Å². The molecule has 16 heavy (non-hydrogen) atoms. The number of nitrogens with zero attached hydrogens (tertiary/aromatic N) is 2. The Morgan fingerprint density at radius 3 is 2.25 bits per heavy atom. The van der Waals surface area contributed by atoms with Gasteiger partial charge in [0.2, 0.25) is 5.88 Å². The van der Waals surface area contributed by atoms with Crippen molar-refractivity contribution in [1.82, 2.24) is 9.97 Å². The zero-order valence-electron chi connectivity index (χ0n) is 10.7. The minimum atomic E-state index is 0.120. The van der Waals surface area contributed by atoms with Crippen molar-refractivity contribution in [3.05, 3.63) is 11.9 Å². The van der Waals surface area contributed by atoms with Crippen molar-refractivity contribution in [2.24, 2.45) is 5.92 Å². The molecule has 0 saturated carbocycles. The van der Waals surface area contributed by atoms with E-state index < -0.39 is 0 Å². The highest BCUT2D eigenvalue weighted by Gasteiger charge is 2.12. The van der Waals surface area contributed by atoms with Gasteiger partial charge in [0.1, 0.15) is 11.6 Å². The fourth-order valence-corrected chi connectivity index (χ4v) is 1.11. The largest absolute Gasteiger partial charge is 0.474 e. The molecule has 1 aromatic rings. The Morgan fingerprint density at radius 1 is 1.12 bits per heavy atom. The van der Waals surface area contributed by atoms with Crippen LogP contribution in [0.15, 0.2) is 6.07 Å². The molecule has 1 unspecified atom stereocenters. The molecule has 0 saturated heterocycles. The predicted molar refractivity (Wildman–Crippen MR) is 65.5 cm³/mol. The lowest BCUT2D eigenvalue weighted by atomic mass is 10.1. The number of anilines is 1. The van der Waals surface area contributed by atoms with Crippen molar-refractivity contribution in [3.8, 4) is 5.88 Å². The number of nitrogen functional groups attached to an aromatic ring is 1. The van der Waals surface area contributed by atoms with Crippen molar-refractivity contribution in [2.75, 3.05) is 5.73 Å². The molecule has 1 aromatic heterocycles. The molecule has 1 atom stereocenters. The van der Waals surface area contributed by atoms with Crippen LogP contribution in [0.4, 0.5) is 5.82 Å². The molecule has 0 bridgehead atoms. The first-order valence-corrected chi connectivity index (χ1v) is 5.71. The highest BCUT2D eigenvalue weighted by Crippen LogP contribution is 2.19. The van der Waals surface area contributed by atoms with Gasteiger partial charge in [0, 0.05) is 12.0 Å². The van der Waals surface area contributed by atoms with E-state index in [0.29, 0.717) is 17.6 Å². The van der Waals surface area contributed by atoms with E-state index in [0.717, 1.165) is 5.82 Å². The summed E-state index contributed by atoms with van der Waals surface area (Å²) in [7, 11) is 0. The van der Waals surface area contributed by atoms with Crippen LogP contribution < -0.4 is 10.5 Å². The summed E-state index contributed by atoms with van der Waals surface area (Å²) in [5, 5.41) is 0. The SMILES string of the molecule is CC(C)c1nc(N)cc(OC(C)C(C)C)n1. The van der Waals surface area contributed by atoms with E-state index in [1.54, 1.807) is 6.07 Å². The molecule has 2 N–H and O–H groups in total. The summed E-state index contributed by atoms with van der Waals surface area (Å²) in [5.41, 5.74) is 5.72. The van der Waals surface area contributed by atoms with Crippen molar-refractivity contribution in [3.63, 3.8) is 0 Å². The normalized spacial score (nSPS) is 13.2. The van der Waals surface area contributed by atoms with Crippen molar-refractivity contribution in [2.45, 2.75) is 46.6 Å². The fourth-order valence-electron chi connectivity index (χ4n) is 1.11. The molecule has 4 heteroatoms. The van der Waals surface area contributed by atoms with Gasteiger partial charge >= 0.3 is 0 Å². The molecule has 0 amide bonds. The summed E-state index contributed by atoms with van der Waals surface area (Å²) in [6, 6.07) is 1.67. The Hall–Kier alpha value is -1.32. The number of aromatic nitrogens is 2. The number of hydrogen-bond donors (Lipinski definition) is 1. The molecule has 0 aromatic carbocycles. The Kier molecular flexibility index (Phi) is 4.10. The molecule has 0 aliphatic heterocycles. The van der Waals surface area contributed by atoms with Crippen molar-refractivity contribution in [1.29, 1.82) is 0 Å². The minimum Gasteiger partial charge on any atom is -0.474 e. The number of ether oxygens (including phenoxy) is 1. The van der Waals surface area contributed by atoms with E-state index in [1.807, 2.05) is 20.8 Å². The smallest absolute Gasteiger partial charge is 0.219 e. The molecule has 4 nitrogen and oxygen atoms in total. The highest BCUT2D eigenvalue weighted by atomic mass is 16.5. The first-order chi connectivity index (χ1) is 7.40. The Morgan fingerprint density at radius 2 is 1.75 bits per heavy atom. The maximum Gasteiger partial charge on any atom is 0.219 e. The number of nitrogens with two attached hydrogens (primary N) is 1. The lowest BCUT2D eigenvalue weighted by Crippen LogP contribution is -2.20. The van der Waals surface area contributed by atoms with Gasteiger partial charge in [-0.25, -0.2) is 4.98 Å². The monoisotopic (exact) mass is 223 g/mol. The van der Waals surface area contributed by atoms with Crippen molar-refractivity contribution >= 4 is 5.82 Å². The van der Waals surface area contributed by atoms with Gasteiger partial charge in [0.05, 0.1) is 6.10 Å². The molecule has 0 aliphatic rings. The van der Waals surface area contributed by atoms with Gasteiger partial charge in [0.15, 0.2) is 0 Å². The maximum atomic E-state index is 5.72. The Bertz CT molecular complexity index is 350. The van der Waals surface area contributed by atoms with E-state index in [-0.39, 0.29) is 12.0 Å². The lowest BCUT2D eigenvalue weighted by molar-refractivity contribution is 0.162. The third-order valence-corrected chi connectivity index (χ3v) is 2.50. The Balaban J connectivity index is 2.88. The lowest BCUT2D eigenvalue weighted by Gasteiger charge is -2.18. The van der Waals surface area contributed by atoms with Gasteiger partial charge in [-0.15, -0.1) is 0 Å². The molecular weight excluding hydrogens is 202 g/mol. The van der Waals surface area contributed by atoms with E-state index in [2.05, 4.69) is 23.8 Å². The first-order valence-electron chi connectivity index (χ1n) is 5.71. The van der Waals surface area contributed by atoms with Crippen LogP contribution in [0.25, 0.3) is 0 Å². The summed E-state index contributed by atoms with van der Waals surface area (Å²) < 4.78 is 5.72. The van der Waals surface area contributed by atoms with Crippen LogP contribution in [0.1, 0.15) is 46.4 Å². The number of hydrogen-bond acceptors (Lipinski definition) is 4. The highest BCUT2D eigenvalue weighted by molar-refractivity contribution is 5.33. The van der Waals surface area contributed by atoms with Gasteiger partial charge in [0.25, 0.3) is 0 Å². The molecule has 1 heterocycles. The van der Waals surface area contributed by atoms with Crippen LogP contribution in [-0.2, 0) is 0 Å². The maximum absolute atomic E-state index is 5.72. The van der Waals surface area contributed by atoms with Gasteiger partial charge in [-0.3, -0.25) is 0 Å². The topological polar surface area (TPSA) is 61.0 Å². The molecule has 0 fully saturated rings. The summed E-state index contributed by atoms with van der Waals surface area (Å²) in [5.74, 6) is 2.45. The van der Waals surface area contributed by atoms with Crippen LogP contribution >= 0.6 is 0 Å². The molecule has 90 valence electrons. The van der Waals surface area contributed by atoms with Crippen LogP contribution in [0.3, 0.4) is 0 Å². The predicted octanol–water partition coefficient (Wildman–Crippen LogP) is 2.61. The second kappa shape index (κ2) is 5.14. The first kappa shape index (κ1) is 12.7. The summed E-state index contributed by atoms with van der Waals surface area (Å²) in [6.45, 7) is 10.3. The Labute approximate surface area is 97.2 Å². The molecular formula is C12H21N3O. The minimum absolute atomic E-state index is 0.120. The zero-order valence-corrected chi connectivity index (χ0v) is 10.7.